The van der Waals surface area contributed by atoms with E-state index in [0.29, 0.717) is 5.56 Å². The molecule has 6 heteroatoms. The largest absolute Gasteiger partial charge is 0.480 e. The molecule has 2 aromatic carbocycles. The highest BCUT2D eigenvalue weighted by Crippen LogP contribution is 2.18. The molecule has 2 amide bonds. The van der Waals surface area contributed by atoms with Crippen LogP contribution in [0.4, 0.5) is 0 Å². The molecule has 0 fully saturated rings. The van der Waals surface area contributed by atoms with E-state index in [1.165, 1.54) is 6.92 Å². The second kappa shape index (κ2) is 6.71. The molecule has 2 rings (SSSR count). The Hall–Kier alpha value is -2.89. The van der Waals surface area contributed by atoms with Crippen LogP contribution >= 0.6 is 0 Å². The van der Waals surface area contributed by atoms with E-state index >= 15 is 0 Å². The molecule has 1 unspecified atom stereocenters. The number of fused-ring (bicyclic) bond motifs is 1. The maximum absolute atomic E-state index is 12.2. The van der Waals surface area contributed by atoms with Crippen molar-refractivity contribution in [3.63, 3.8) is 0 Å². The summed E-state index contributed by atoms with van der Waals surface area (Å²) in [5, 5.41) is 15.2. The van der Waals surface area contributed by atoms with Gasteiger partial charge >= 0.3 is 5.97 Å². The summed E-state index contributed by atoms with van der Waals surface area (Å²) in [6, 6.07) is 11.8. The predicted molar refractivity (Wildman–Crippen MR) is 81.5 cm³/mol. The first kappa shape index (κ1) is 15.5. The van der Waals surface area contributed by atoms with Gasteiger partial charge in [-0.15, -0.1) is 0 Å². The van der Waals surface area contributed by atoms with E-state index < -0.39 is 17.9 Å². The van der Waals surface area contributed by atoms with Crippen molar-refractivity contribution in [3.8, 4) is 0 Å². The van der Waals surface area contributed by atoms with Crippen LogP contribution in [0.25, 0.3) is 10.8 Å². The Bertz CT molecular complexity index is 722. The van der Waals surface area contributed by atoms with Gasteiger partial charge in [-0.25, -0.2) is 0 Å². The summed E-state index contributed by atoms with van der Waals surface area (Å²) in [5.74, 6) is -2.06. The molecule has 1 atom stereocenters. The van der Waals surface area contributed by atoms with Gasteiger partial charge in [0.15, 0.2) is 0 Å². The molecular formula is C16H16N2O4. The average molecular weight is 300 g/mol. The molecule has 0 radical (unpaired) electrons. The van der Waals surface area contributed by atoms with Crippen molar-refractivity contribution in [1.29, 1.82) is 0 Å². The number of benzene rings is 2. The fourth-order valence-electron chi connectivity index (χ4n) is 2.03. The number of aliphatic carboxylic acids is 1. The van der Waals surface area contributed by atoms with Crippen LogP contribution in [0.1, 0.15) is 17.3 Å². The Kier molecular flexibility index (Phi) is 4.73. The van der Waals surface area contributed by atoms with Gasteiger partial charge in [0.1, 0.15) is 6.04 Å². The van der Waals surface area contributed by atoms with E-state index in [4.69, 9.17) is 5.11 Å². The summed E-state index contributed by atoms with van der Waals surface area (Å²) in [4.78, 5) is 34.4. The van der Waals surface area contributed by atoms with Crippen molar-refractivity contribution in [2.75, 3.05) is 6.54 Å². The second-order valence-electron chi connectivity index (χ2n) is 4.84. The normalized spacial score (nSPS) is 11.7. The zero-order valence-corrected chi connectivity index (χ0v) is 12.0. The highest BCUT2D eigenvalue weighted by atomic mass is 16.4. The van der Waals surface area contributed by atoms with Gasteiger partial charge in [0.25, 0.3) is 5.91 Å². The number of hydrogen-bond acceptors (Lipinski definition) is 3. The fourth-order valence-corrected chi connectivity index (χ4v) is 2.03. The topological polar surface area (TPSA) is 95.5 Å². The van der Waals surface area contributed by atoms with Crippen LogP contribution < -0.4 is 10.6 Å². The van der Waals surface area contributed by atoms with Crippen LogP contribution in [0.3, 0.4) is 0 Å². The van der Waals surface area contributed by atoms with Gasteiger partial charge in [0, 0.05) is 5.56 Å². The molecule has 0 aromatic heterocycles. The predicted octanol–water partition coefficient (Wildman–Crippen LogP) is 1.16. The van der Waals surface area contributed by atoms with Crippen LogP contribution in [-0.2, 0) is 9.59 Å². The number of nitrogens with one attached hydrogen (secondary N) is 2. The number of carboxylic acids is 1. The zero-order chi connectivity index (χ0) is 16.1. The minimum Gasteiger partial charge on any atom is -0.480 e. The van der Waals surface area contributed by atoms with Crippen LogP contribution in [-0.4, -0.2) is 35.5 Å². The lowest BCUT2D eigenvalue weighted by Gasteiger charge is -2.11. The smallest absolute Gasteiger partial charge is 0.325 e. The van der Waals surface area contributed by atoms with Crippen molar-refractivity contribution < 1.29 is 19.5 Å². The van der Waals surface area contributed by atoms with E-state index in [1.54, 1.807) is 12.1 Å². The van der Waals surface area contributed by atoms with Crippen LogP contribution in [0.15, 0.2) is 42.5 Å². The van der Waals surface area contributed by atoms with E-state index in [2.05, 4.69) is 10.6 Å². The minimum absolute atomic E-state index is 0.278. The van der Waals surface area contributed by atoms with Crippen molar-refractivity contribution >= 4 is 28.6 Å². The summed E-state index contributed by atoms with van der Waals surface area (Å²) < 4.78 is 0. The van der Waals surface area contributed by atoms with Crippen molar-refractivity contribution in [2.45, 2.75) is 13.0 Å². The Morgan fingerprint density at radius 2 is 1.77 bits per heavy atom. The standard InChI is InChI=1S/C16H16N2O4/c1-10(16(21)22)18-14(19)9-17-15(20)13-8-4-6-11-5-2-3-7-12(11)13/h2-8,10H,9H2,1H3,(H,17,20)(H,18,19)(H,21,22). The molecule has 6 nitrogen and oxygen atoms in total. The number of rotatable bonds is 5. The molecule has 0 bridgehead atoms. The fraction of sp³-hybridized carbons (Fsp3) is 0.188. The first-order chi connectivity index (χ1) is 10.5. The third kappa shape index (κ3) is 3.60. The average Bonchev–Trinajstić information content (AvgIpc) is 2.51. The SMILES string of the molecule is CC(NC(=O)CNC(=O)c1cccc2ccccc12)C(=O)O. The molecule has 22 heavy (non-hydrogen) atoms. The van der Waals surface area contributed by atoms with Crippen LogP contribution in [0.5, 0.6) is 0 Å². The molecule has 0 heterocycles. The Labute approximate surface area is 127 Å². The lowest BCUT2D eigenvalue weighted by atomic mass is 10.0. The Morgan fingerprint density at radius 1 is 1.09 bits per heavy atom. The third-order valence-corrected chi connectivity index (χ3v) is 3.19. The van der Waals surface area contributed by atoms with Crippen LogP contribution in [0, 0.1) is 0 Å². The van der Waals surface area contributed by atoms with Gasteiger partial charge in [0.05, 0.1) is 6.54 Å². The summed E-state index contributed by atoms with van der Waals surface area (Å²) in [6.07, 6.45) is 0. The van der Waals surface area contributed by atoms with Gasteiger partial charge in [0.2, 0.25) is 5.91 Å². The van der Waals surface area contributed by atoms with Gasteiger partial charge in [-0.05, 0) is 23.8 Å². The van der Waals surface area contributed by atoms with Gasteiger partial charge < -0.3 is 15.7 Å². The van der Waals surface area contributed by atoms with E-state index in [0.717, 1.165) is 10.8 Å². The number of hydrogen-bond donors (Lipinski definition) is 3. The zero-order valence-electron chi connectivity index (χ0n) is 12.0. The molecule has 0 aliphatic rings. The maximum atomic E-state index is 12.2. The van der Waals surface area contributed by atoms with Crippen molar-refractivity contribution in [2.24, 2.45) is 0 Å². The second-order valence-corrected chi connectivity index (χ2v) is 4.84. The number of amides is 2. The van der Waals surface area contributed by atoms with Crippen LogP contribution in [0.2, 0.25) is 0 Å². The van der Waals surface area contributed by atoms with Crippen molar-refractivity contribution in [1.82, 2.24) is 10.6 Å². The Balaban J connectivity index is 2.03. The monoisotopic (exact) mass is 300 g/mol. The third-order valence-electron chi connectivity index (χ3n) is 3.19. The van der Waals surface area contributed by atoms with Gasteiger partial charge in [-0.3, -0.25) is 14.4 Å². The molecule has 0 saturated heterocycles. The first-order valence-electron chi connectivity index (χ1n) is 6.77. The number of carboxylic acid groups (broad SMARTS) is 1. The molecule has 0 aliphatic heterocycles. The van der Waals surface area contributed by atoms with E-state index in [-0.39, 0.29) is 12.5 Å². The molecule has 114 valence electrons. The molecule has 0 spiro atoms. The highest BCUT2D eigenvalue weighted by molar-refractivity contribution is 6.07. The maximum Gasteiger partial charge on any atom is 0.325 e. The molecule has 2 aromatic rings. The summed E-state index contributed by atoms with van der Waals surface area (Å²) in [5.41, 5.74) is 0.470. The summed E-state index contributed by atoms with van der Waals surface area (Å²) in [7, 11) is 0. The number of carbonyl (C=O) groups is 3. The minimum atomic E-state index is -1.13. The molecule has 0 aliphatic carbocycles. The number of carbonyl (C=O) groups excluding carboxylic acids is 2. The van der Waals surface area contributed by atoms with Gasteiger partial charge in [-0.1, -0.05) is 36.4 Å². The van der Waals surface area contributed by atoms with E-state index in [1.807, 2.05) is 30.3 Å². The molecule has 3 N–H and O–H groups in total. The lowest BCUT2D eigenvalue weighted by molar-refractivity contribution is -0.141. The first-order valence-corrected chi connectivity index (χ1v) is 6.77. The Morgan fingerprint density at radius 3 is 2.50 bits per heavy atom. The lowest BCUT2D eigenvalue weighted by Crippen LogP contribution is -2.44. The summed E-state index contributed by atoms with van der Waals surface area (Å²) in [6.45, 7) is 1.08. The summed E-state index contributed by atoms with van der Waals surface area (Å²) >= 11 is 0. The van der Waals surface area contributed by atoms with Gasteiger partial charge in [-0.2, -0.15) is 0 Å². The molecule has 0 saturated carbocycles. The highest BCUT2D eigenvalue weighted by Gasteiger charge is 2.15. The molecular weight excluding hydrogens is 284 g/mol. The quantitative estimate of drug-likeness (QED) is 0.772. The van der Waals surface area contributed by atoms with E-state index in [9.17, 15) is 14.4 Å². The van der Waals surface area contributed by atoms with Crippen molar-refractivity contribution in [3.05, 3.63) is 48.0 Å².